The largest absolute Gasteiger partial charge is 0.320 e. The molecule has 1 rings (SSSR count). The molecule has 0 radical (unpaired) electrons. The van der Waals surface area contributed by atoms with Gasteiger partial charge in [-0.15, -0.1) is 0 Å². The predicted molar refractivity (Wildman–Crippen MR) is 76.6 cm³/mol. The van der Waals surface area contributed by atoms with Crippen molar-refractivity contribution < 1.29 is 4.79 Å². The van der Waals surface area contributed by atoms with E-state index in [1.165, 1.54) is 0 Å². The van der Waals surface area contributed by atoms with Gasteiger partial charge in [0.05, 0.1) is 6.04 Å². The van der Waals surface area contributed by atoms with E-state index in [1.54, 1.807) is 0 Å². The first-order valence-corrected chi connectivity index (χ1v) is 6.82. The lowest BCUT2D eigenvalue weighted by Gasteiger charge is -2.25. The Hall–Kier alpha value is -1.35. The van der Waals surface area contributed by atoms with Crippen LogP contribution in [0.4, 0.5) is 5.69 Å². The summed E-state index contributed by atoms with van der Waals surface area (Å²) in [4.78, 5) is 14.2. The summed E-state index contributed by atoms with van der Waals surface area (Å²) in [6.45, 7) is 4.92. The number of rotatable bonds is 7. The van der Waals surface area contributed by atoms with Crippen molar-refractivity contribution in [3.05, 3.63) is 30.3 Å². The average Bonchev–Trinajstić information content (AvgIpc) is 2.40. The smallest absolute Gasteiger partial charge is 0.243 e. The van der Waals surface area contributed by atoms with Crippen LogP contribution in [0.15, 0.2) is 30.3 Å². The number of carbonyl (C=O) groups excluding carboxylic acids is 1. The molecule has 0 unspecified atom stereocenters. The van der Waals surface area contributed by atoms with E-state index in [0.29, 0.717) is 0 Å². The zero-order valence-electron chi connectivity index (χ0n) is 11.4. The fraction of sp³-hybridized carbons (Fsp3) is 0.533. The maximum atomic E-state index is 12.3. The molecule has 3 heteroatoms. The molecule has 0 aliphatic rings. The lowest BCUT2D eigenvalue weighted by molar-refractivity contribution is -0.120. The average molecular weight is 248 g/mol. The summed E-state index contributed by atoms with van der Waals surface area (Å²) in [5.41, 5.74) is 6.89. The van der Waals surface area contributed by atoms with Crippen LogP contribution >= 0.6 is 0 Å². The van der Waals surface area contributed by atoms with Crippen LogP contribution in [0.3, 0.4) is 0 Å². The van der Waals surface area contributed by atoms with E-state index in [9.17, 15) is 4.79 Å². The van der Waals surface area contributed by atoms with E-state index in [1.807, 2.05) is 42.2 Å². The number of hydrogen-bond donors (Lipinski definition) is 1. The van der Waals surface area contributed by atoms with Crippen LogP contribution in [0.25, 0.3) is 0 Å². The molecule has 0 heterocycles. The lowest BCUT2D eigenvalue weighted by atomic mass is 10.1. The zero-order chi connectivity index (χ0) is 13.4. The molecule has 0 bridgehead atoms. The minimum absolute atomic E-state index is 0.0384. The Morgan fingerprint density at radius 3 is 2.44 bits per heavy atom. The van der Waals surface area contributed by atoms with E-state index in [4.69, 9.17) is 5.73 Å². The molecule has 1 amide bonds. The van der Waals surface area contributed by atoms with Crippen LogP contribution in [0.1, 0.15) is 39.5 Å². The Morgan fingerprint density at radius 1 is 1.22 bits per heavy atom. The van der Waals surface area contributed by atoms with Crippen LogP contribution in [0, 0.1) is 0 Å². The van der Waals surface area contributed by atoms with Gasteiger partial charge in [0.25, 0.3) is 0 Å². The molecule has 0 saturated heterocycles. The van der Waals surface area contributed by atoms with Gasteiger partial charge in [-0.3, -0.25) is 4.79 Å². The number of amides is 1. The number of nitrogens with two attached hydrogens (primary N) is 1. The van der Waals surface area contributed by atoms with E-state index < -0.39 is 0 Å². The third-order valence-corrected chi connectivity index (χ3v) is 2.99. The minimum Gasteiger partial charge on any atom is -0.320 e. The first-order chi connectivity index (χ1) is 8.70. The number of carbonyl (C=O) groups is 1. The highest BCUT2D eigenvalue weighted by atomic mass is 16.2. The number of para-hydroxylation sites is 1. The van der Waals surface area contributed by atoms with Crippen molar-refractivity contribution >= 4 is 11.6 Å². The van der Waals surface area contributed by atoms with Crippen molar-refractivity contribution in [2.75, 3.05) is 11.4 Å². The van der Waals surface area contributed by atoms with Gasteiger partial charge in [-0.1, -0.05) is 44.9 Å². The Kier molecular flexibility index (Phi) is 6.44. The highest BCUT2D eigenvalue weighted by Gasteiger charge is 2.20. The second kappa shape index (κ2) is 7.88. The Bertz CT molecular complexity index is 351. The summed E-state index contributed by atoms with van der Waals surface area (Å²) < 4.78 is 0. The first kappa shape index (κ1) is 14.7. The van der Waals surface area contributed by atoms with Gasteiger partial charge < -0.3 is 10.6 Å². The van der Waals surface area contributed by atoms with E-state index in [0.717, 1.165) is 37.9 Å². The van der Waals surface area contributed by atoms with Gasteiger partial charge >= 0.3 is 0 Å². The highest BCUT2D eigenvalue weighted by Crippen LogP contribution is 2.16. The molecule has 1 atom stereocenters. The van der Waals surface area contributed by atoms with Crippen LogP contribution < -0.4 is 10.6 Å². The summed E-state index contributed by atoms with van der Waals surface area (Å²) in [6, 6.07) is 9.41. The summed E-state index contributed by atoms with van der Waals surface area (Å²) in [5.74, 6) is 0.0384. The fourth-order valence-corrected chi connectivity index (χ4v) is 1.93. The molecule has 1 aromatic rings. The molecule has 0 fully saturated rings. The van der Waals surface area contributed by atoms with Crippen LogP contribution in [-0.2, 0) is 4.79 Å². The molecule has 1 aromatic carbocycles. The van der Waals surface area contributed by atoms with Crippen molar-refractivity contribution in [3.8, 4) is 0 Å². The summed E-state index contributed by atoms with van der Waals surface area (Å²) in [7, 11) is 0. The van der Waals surface area contributed by atoms with Crippen molar-refractivity contribution in [2.45, 2.75) is 45.6 Å². The predicted octanol–water partition coefficient (Wildman–Crippen LogP) is 2.95. The van der Waals surface area contributed by atoms with Crippen molar-refractivity contribution in [1.29, 1.82) is 0 Å². The Morgan fingerprint density at radius 2 is 1.89 bits per heavy atom. The molecule has 0 saturated carbocycles. The van der Waals surface area contributed by atoms with Crippen LogP contribution in [0.2, 0.25) is 0 Å². The fourth-order valence-electron chi connectivity index (χ4n) is 1.93. The topological polar surface area (TPSA) is 46.3 Å². The minimum atomic E-state index is -0.382. The molecule has 18 heavy (non-hydrogen) atoms. The monoisotopic (exact) mass is 248 g/mol. The molecule has 2 N–H and O–H groups in total. The van der Waals surface area contributed by atoms with Gasteiger partial charge in [0.15, 0.2) is 0 Å². The normalized spacial score (nSPS) is 12.2. The number of benzene rings is 1. The van der Waals surface area contributed by atoms with Gasteiger partial charge in [-0.25, -0.2) is 0 Å². The molecule has 0 spiro atoms. The zero-order valence-corrected chi connectivity index (χ0v) is 11.4. The lowest BCUT2D eigenvalue weighted by Crippen LogP contribution is -2.44. The van der Waals surface area contributed by atoms with Crippen LogP contribution in [0.5, 0.6) is 0 Å². The summed E-state index contributed by atoms with van der Waals surface area (Å²) in [6.07, 6.45) is 3.75. The molecule has 0 aromatic heterocycles. The summed E-state index contributed by atoms with van der Waals surface area (Å²) >= 11 is 0. The quantitative estimate of drug-likeness (QED) is 0.806. The molecular formula is C15H24N2O. The van der Waals surface area contributed by atoms with Gasteiger partial charge in [-0.2, -0.15) is 0 Å². The maximum Gasteiger partial charge on any atom is 0.243 e. The molecule has 0 aliphatic heterocycles. The van der Waals surface area contributed by atoms with Crippen molar-refractivity contribution in [3.63, 3.8) is 0 Å². The standard InChI is InChI=1S/C15H24N2O/c1-3-5-12-17(13-10-7-6-8-11-13)15(18)14(16)9-4-2/h6-8,10-11,14H,3-5,9,12,16H2,1-2H3/t14-/m1/s1. The second-order valence-electron chi connectivity index (χ2n) is 4.57. The van der Waals surface area contributed by atoms with E-state index in [2.05, 4.69) is 6.92 Å². The Balaban J connectivity index is 2.81. The summed E-state index contributed by atoms with van der Waals surface area (Å²) in [5, 5.41) is 0. The van der Waals surface area contributed by atoms with Gasteiger partial charge in [0.2, 0.25) is 5.91 Å². The van der Waals surface area contributed by atoms with Crippen LogP contribution in [-0.4, -0.2) is 18.5 Å². The third kappa shape index (κ3) is 4.15. The second-order valence-corrected chi connectivity index (χ2v) is 4.57. The first-order valence-electron chi connectivity index (χ1n) is 6.82. The molecule has 3 nitrogen and oxygen atoms in total. The number of hydrogen-bond acceptors (Lipinski definition) is 2. The molecular weight excluding hydrogens is 224 g/mol. The third-order valence-electron chi connectivity index (χ3n) is 2.99. The van der Waals surface area contributed by atoms with E-state index >= 15 is 0 Å². The van der Waals surface area contributed by atoms with E-state index in [-0.39, 0.29) is 11.9 Å². The van der Waals surface area contributed by atoms with Crippen molar-refractivity contribution in [1.82, 2.24) is 0 Å². The van der Waals surface area contributed by atoms with Gasteiger partial charge in [-0.05, 0) is 25.0 Å². The number of anilines is 1. The van der Waals surface area contributed by atoms with Crippen molar-refractivity contribution in [2.24, 2.45) is 5.73 Å². The Labute approximate surface area is 110 Å². The maximum absolute atomic E-state index is 12.3. The molecule has 0 aliphatic carbocycles. The molecule has 100 valence electrons. The highest BCUT2D eigenvalue weighted by molar-refractivity contribution is 5.96. The van der Waals surface area contributed by atoms with Gasteiger partial charge in [0, 0.05) is 12.2 Å². The number of nitrogens with zero attached hydrogens (tertiary/aromatic N) is 1. The SMILES string of the molecule is CCCCN(C(=O)[C@H](N)CCC)c1ccccc1. The van der Waals surface area contributed by atoms with Gasteiger partial charge in [0.1, 0.15) is 0 Å². The number of unbranched alkanes of at least 4 members (excludes halogenated alkanes) is 1.